The van der Waals surface area contributed by atoms with Gasteiger partial charge in [-0.2, -0.15) is 0 Å². The summed E-state index contributed by atoms with van der Waals surface area (Å²) in [5.74, 6) is 2.47. The molecule has 0 radical (unpaired) electrons. The first-order valence-electron chi connectivity index (χ1n) is 10.7. The fraction of sp³-hybridized carbons (Fsp3) is 0.522. The van der Waals surface area contributed by atoms with Crippen molar-refractivity contribution in [1.29, 1.82) is 0 Å². The number of carbonyl (C=O) groups excluding carboxylic acids is 1. The number of hydrogen-bond acceptors (Lipinski definition) is 5. The third-order valence-corrected chi connectivity index (χ3v) is 5.49. The van der Waals surface area contributed by atoms with Crippen LogP contribution in [0.5, 0.6) is 0 Å². The highest BCUT2D eigenvalue weighted by Crippen LogP contribution is 2.26. The van der Waals surface area contributed by atoms with Crippen LogP contribution in [0.1, 0.15) is 50.2 Å². The molecule has 0 aliphatic carbocycles. The average molecular weight is 396 g/mol. The van der Waals surface area contributed by atoms with Crippen molar-refractivity contribution < 1.29 is 4.79 Å². The van der Waals surface area contributed by atoms with Gasteiger partial charge in [0.25, 0.3) is 0 Å². The SMILES string of the molecule is CCCNc1cc(N2CCC[C@@H](CCC(=O)Nc3ccc(C)cc3C)C2)ncn1. The van der Waals surface area contributed by atoms with Crippen LogP contribution in [-0.4, -0.2) is 35.5 Å². The maximum Gasteiger partial charge on any atom is 0.224 e. The molecule has 2 heterocycles. The molecule has 0 bridgehead atoms. The van der Waals surface area contributed by atoms with Gasteiger partial charge in [0.05, 0.1) is 0 Å². The number of benzene rings is 1. The third-order valence-electron chi connectivity index (χ3n) is 5.49. The van der Waals surface area contributed by atoms with Gasteiger partial charge >= 0.3 is 0 Å². The minimum absolute atomic E-state index is 0.0992. The first kappa shape index (κ1) is 21.1. The molecule has 1 aromatic carbocycles. The van der Waals surface area contributed by atoms with Gasteiger partial charge in [-0.15, -0.1) is 0 Å². The van der Waals surface area contributed by atoms with Gasteiger partial charge in [0.1, 0.15) is 18.0 Å². The Hall–Kier alpha value is -2.63. The van der Waals surface area contributed by atoms with Crippen molar-refractivity contribution in [3.63, 3.8) is 0 Å². The number of aromatic nitrogens is 2. The van der Waals surface area contributed by atoms with E-state index in [0.717, 1.165) is 61.8 Å². The van der Waals surface area contributed by atoms with Crippen molar-refractivity contribution in [3.8, 4) is 0 Å². The Labute approximate surface area is 174 Å². The molecule has 6 heteroatoms. The standard InChI is InChI=1S/C23H33N5O/c1-4-11-24-21-14-22(26-16-25-21)28-12-5-6-19(15-28)8-10-23(29)27-20-9-7-17(2)13-18(20)3/h7,9,13-14,16,19H,4-6,8,10-12,15H2,1-3H3,(H,27,29)(H,24,25,26)/t19-/m0/s1. The molecular formula is C23H33N5O. The summed E-state index contributed by atoms with van der Waals surface area (Å²) in [5.41, 5.74) is 3.23. The second kappa shape index (κ2) is 10.2. The normalized spacial score (nSPS) is 16.5. The van der Waals surface area contributed by atoms with Crippen LogP contribution in [0.25, 0.3) is 0 Å². The van der Waals surface area contributed by atoms with Crippen LogP contribution in [0, 0.1) is 19.8 Å². The van der Waals surface area contributed by atoms with E-state index in [1.54, 1.807) is 6.33 Å². The Bertz CT molecular complexity index is 823. The second-order valence-electron chi connectivity index (χ2n) is 8.05. The van der Waals surface area contributed by atoms with E-state index in [0.29, 0.717) is 12.3 Å². The van der Waals surface area contributed by atoms with Crippen molar-refractivity contribution in [2.24, 2.45) is 5.92 Å². The third kappa shape index (κ3) is 6.17. The zero-order valence-electron chi connectivity index (χ0n) is 17.9. The summed E-state index contributed by atoms with van der Waals surface area (Å²) in [7, 11) is 0. The first-order chi connectivity index (χ1) is 14.0. The Morgan fingerprint density at radius 1 is 1.24 bits per heavy atom. The van der Waals surface area contributed by atoms with Crippen molar-refractivity contribution >= 4 is 23.2 Å². The molecule has 0 saturated carbocycles. The summed E-state index contributed by atoms with van der Waals surface area (Å²) in [6.45, 7) is 9.10. The minimum Gasteiger partial charge on any atom is -0.370 e. The Kier molecular flexibility index (Phi) is 7.44. The molecule has 6 nitrogen and oxygen atoms in total. The number of hydrogen-bond donors (Lipinski definition) is 2. The topological polar surface area (TPSA) is 70.2 Å². The minimum atomic E-state index is 0.0992. The lowest BCUT2D eigenvalue weighted by Gasteiger charge is -2.33. The van der Waals surface area contributed by atoms with Gasteiger partial charge in [-0.25, -0.2) is 9.97 Å². The van der Waals surface area contributed by atoms with Crippen LogP contribution >= 0.6 is 0 Å². The molecule has 3 rings (SSSR count). The number of piperidine rings is 1. The highest BCUT2D eigenvalue weighted by Gasteiger charge is 2.22. The Balaban J connectivity index is 1.51. The van der Waals surface area contributed by atoms with Crippen LogP contribution in [0.2, 0.25) is 0 Å². The van der Waals surface area contributed by atoms with Gasteiger partial charge in [-0.3, -0.25) is 4.79 Å². The zero-order chi connectivity index (χ0) is 20.6. The van der Waals surface area contributed by atoms with Crippen molar-refractivity contribution in [3.05, 3.63) is 41.7 Å². The number of anilines is 3. The van der Waals surface area contributed by atoms with Gasteiger partial charge < -0.3 is 15.5 Å². The fourth-order valence-corrected chi connectivity index (χ4v) is 3.88. The Morgan fingerprint density at radius 3 is 2.90 bits per heavy atom. The van der Waals surface area contributed by atoms with Crippen LogP contribution < -0.4 is 15.5 Å². The highest BCUT2D eigenvalue weighted by molar-refractivity contribution is 5.91. The lowest BCUT2D eigenvalue weighted by Crippen LogP contribution is -2.36. The van der Waals surface area contributed by atoms with E-state index in [4.69, 9.17) is 0 Å². The molecule has 1 aliphatic heterocycles. The van der Waals surface area contributed by atoms with Crippen LogP contribution in [0.15, 0.2) is 30.6 Å². The van der Waals surface area contributed by atoms with Gasteiger partial charge in [-0.1, -0.05) is 24.6 Å². The number of nitrogens with zero attached hydrogens (tertiary/aromatic N) is 3. The van der Waals surface area contributed by atoms with E-state index in [1.165, 1.54) is 12.0 Å². The zero-order valence-corrected chi connectivity index (χ0v) is 17.9. The smallest absolute Gasteiger partial charge is 0.224 e. The van der Waals surface area contributed by atoms with Gasteiger partial charge in [0.15, 0.2) is 0 Å². The maximum atomic E-state index is 12.4. The summed E-state index contributed by atoms with van der Waals surface area (Å²) in [6, 6.07) is 8.15. The fourth-order valence-electron chi connectivity index (χ4n) is 3.88. The van der Waals surface area contributed by atoms with Crippen molar-refractivity contribution in [2.45, 2.75) is 52.9 Å². The molecule has 1 amide bonds. The molecule has 1 aliphatic rings. The van der Waals surface area contributed by atoms with E-state index >= 15 is 0 Å². The average Bonchev–Trinajstić information content (AvgIpc) is 2.73. The lowest BCUT2D eigenvalue weighted by molar-refractivity contribution is -0.116. The predicted octanol–water partition coefficient (Wildman–Crippen LogP) is 4.55. The van der Waals surface area contributed by atoms with Crippen LogP contribution in [0.4, 0.5) is 17.3 Å². The number of amides is 1. The van der Waals surface area contributed by atoms with E-state index in [2.05, 4.69) is 45.4 Å². The van der Waals surface area contributed by atoms with Gasteiger partial charge in [-0.05, 0) is 57.1 Å². The molecular weight excluding hydrogens is 362 g/mol. The van der Waals surface area contributed by atoms with E-state index < -0.39 is 0 Å². The molecule has 29 heavy (non-hydrogen) atoms. The number of carbonyl (C=O) groups is 1. The number of nitrogens with one attached hydrogen (secondary N) is 2. The lowest BCUT2D eigenvalue weighted by atomic mass is 9.93. The summed E-state index contributed by atoms with van der Waals surface area (Å²) in [5, 5.41) is 6.39. The molecule has 156 valence electrons. The molecule has 2 N–H and O–H groups in total. The molecule has 0 unspecified atom stereocenters. The predicted molar refractivity (Wildman–Crippen MR) is 120 cm³/mol. The maximum absolute atomic E-state index is 12.4. The molecule has 0 spiro atoms. The summed E-state index contributed by atoms with van der Waals surface area (Å²) >= 11 is 0. The molecule has 2 aromatic rings. The Morgan fingerprint density at radius 2 is 2.10 bits per heavy atom. The monoisotopic (exact) mass is 395 g/mol. The van der Waals surface area contributed by atoms with Gasteiger partial charge in [0.2, 0.25) is 5.91 Å². The van der Waals surface area contributed by atoms with Crippen molar-refractivity contribution in [2.75, 3.05) is 35.2 Å². The molecule has 1 fully saturated rings. The summed E-state index contributed by atoms with van der Waals surface area (Å²) in [6.07, 6.45) is 6.45. The van der Waals surface area contributed by atoms with Gasteiger partial charge in [0, 0.05) is 37.8 Å². The first-order valence-corrected chi connectivity index (χ1v) is 10.7. The van der Waals surface area contributed by atoms with E-state index in [9.17, 15) is 4.79 Å². The summed E-state index contributed by atoms with van der Waals surface area (Å²) in [4.78, 5) is 23.5. The quantitative estimate of drug-likeness (QED) is 0.686. The van der Waals surface area contributed by atoms with E-state index in [1.807, 2.05) is 25.1 Å². The molecule has 1 saturated heterocycles. The molecule has 1 aromatic heterocycles. The largest absolute Gasteiger partial charge is 0.370 e. The second-order valence-corrected chi connectivity index (χ2v) is 8.05. The molecule has 1 atom stereocenters. The van der Waals surface area contributed by atoms with E-state index in [-0.39, 0.29) is 5.91 Å². The number of rotatable bonds is 8. The highest BCUT2D eigenvalue weighted by atomic mass is 16.1. The van der Waals surface area contributed by atoms with Crippen LogP contribution in [-0.2, 0) is 4.79 Å². The summed E-state index contributed by atoms with van der Waals surface area (Å²) < 4.78 is 0. The van der Waals surface area contributed by atoms with Crippen molar-refractivity contribution in [1.82, 2.24) is 9.97 Å². The van der Waals surface area contributed by atoms with Crippen LogP contribution in [0.3, 0.4) is 0 Å². The number of aryl methyl sites for hydroxylation is 2.